The van der Waals surface area contributed by atoms with E-state index in [2.05, 4.69) is 15.6 Å². The second kappa shape index (κ2) is 13.2. The number of anilines is 2. The van der Waals surface area contributed by atoms with E-state index in [1.807, 2.05) is 18.2 Å². The predicted molar refractivity (Wildman–Crippen MR) is 155 cm³/mol. The van der Waals surface area contributed by atoms with Gasteiger partial charge in [0.25, 0.3) is 5.91 Å². The zero-order valence-electron chi connectivity index (χ0n) is 21.6. The Balaban J connectivity index is 0.000000263. The summed E-state index contributed by atoms with van der Waals surface area (Å²) < 4.78 is 51.7. The third kappa shape index (κ3) is 8.78. The van der Waals surface area contributed by atoms with Gasteiger partial charge in [0.2, 0.25) is 0 Å². The molecule has 214 valence electrons. The first kappa shape index (κ1) is 31.6. The summed E-state index contributed by atoms with van der Waals surface area (Å²) >= 11 is 1.09. The van der Waals surface area contributed by atoms with E-state index in [0.717, 1.165) is 6.26 Å². The minimum absolute atomic E-state index is 0.165. The predicted octanol–water partition coefficient (Wildman–Crippen LogP) is 2.97. The number of carbonyl (C=O) groups excluding carboxylic acids is 2. The van der Waals surface area contributed by atoms with Gasteiger partial charge in [-0.3, -0.25) is 9.78 Å². The molecule has 0 atom stereocenters. The normalized spacial score (nSPS) is 11.1. The molecule has 0 spiro atoms. The Labute approximate surface area is 243 Å². The van der Waals surface area contributed by atoms with Crippen LogP contribution in [0.15, 0.2) is 90.0 Å². The summed E-state index contributed by atoms with van der Waals surface area (Å²) in [5.41, 5.74) is 2.10. The van der Waals surface area contributed by atoms with Crippen LogP contribution in [0.3, 0.4) is 0 Å². The molecule has 0 radical (unpaired) electrons. The van der Waals surface area contributed by atoms with Crippen molar-refractivity contribution in [2.24, 2.45) is 0 Å². The first-order valence-electron chi connectivity index (χ1n) is 11.6. The van der Waals surface area contributed by atoms with Gasteiger partial charge in [-0.05, 0) is 54.6 Å². The monoisotopic (exact) mass is 661 g/mol. The molecular weight excluding hydrogens is 637 g/mol. The number of aromatic nitrogens is 1. The van der Waals surface area contributed by atoms with Crippen molar-refractivity contribution >= 4 is 63.2 Å². The molecule has 5 N–H and O–H groups in total. The Kier molecular flexibility index (Phi) is 10.1. The van der Waals surface area contributed by atoms with Crippen molar-refractivity contribution in [2.45, 2.75) is 11.8 Å². The summed E-state index contributed by atoms with van der Waals surface area (Å²) in [6, 6.07) is 20.1. The van der Waals surface area contributed by atoms with E-state index in [1.165, 1.54) is 49.4 Å². The number of pyridine rings is 1. The Morgan fingerprint density at radius 2 is 1.61 bits per heavy atom. The molecule has 0 saturated carbocycles. The Hall–Kier alpha value is -3.93. The topological polar surface area (TPSA) is 183 Å². The second-order valence-corrected chi connectivity index (χ2v) is 14.3. The van der Waals surface area contributed by atoms with Crippen molar-refractivity contribution in [1.29, 1.82) is 0 Å². The zero-order valence-corrected chi connectivity index (χ0v) is 25.1. The molecule has 0 saturated heterocycles. The summed E-state index contributed by atoms with van der Waals surface area (Å²) in [7, 11) is -3.30. The van der Waals surface area contributed by atoms with Crippen LogP contribution in [0.25, 0.3) is 11.3 Å². The Morgan fingerprint density at radius 3 is 2.17 bits per heavy atom. The number of benzene rings is 3. The van der Waals surface area contributed by atoms with E-state index in [9.17, 15) is 26.9 Å². The number of phenolic OH excluding ortho intramolecular Hbond substituents is 1. The van der Waals surface area contributed by atoms with Crippen molar-refractivity contribution in [3.05, 3.63) is 95.6 Å². The van der Waals surface area contributed by atoms with Crippen molar-refractivity contribution < 1.29 is 35.0 Å². The molecule has 1 aromatic heterocycles. The molecule has 0 aliphatic carbocycles. The van der Waals surface area contributed by atoms with Crippen LogP contribution < -0.4 is 15.0 Å². The van der Waals surface area contributed by atoms with Crippen molar-refractivity contribution in [3.63, 3.8) is 0 Å². The number of hydrogen-bond donors (Lipinski definition) is 5. The maximum atomic E-state index is 12.4. The number of rotatable bonds is 6. The van der Waals surface area contributed by atoms with Gasteiger partial charge in [0.15, 0.2) is 9.84 Å². The number of amides is 2. The fraction of sp³-hybridized carbons (Fsp3) is 0.0741. The van der Waals surface area contributed by atoms with Crippen LogP contribution in [0.5, 0.6) is 5.75 Å². The van der Waals surface area contributed by atoms with Gasteiger partial charge in [-0.15, -0.1) is 0 Å². The van der Waals surface area contributed by atoms with Crippen LogP contribution in [0.1, 0.15) is 17.3 Å². The molecule has 4 aromatic rings. The smallest absolute Gasteiger partial charge is 0.255 e. The summed E-state index contributed by atoms with van der Waals surface area (Å²) in [6.07, 6.45) is 2.79. The number of aromatic hydroxyl groups is 1. The van der Waals surface area contributed by atoms with Gasteiger partial charge in [-0.1, -0.05) is 17.7 Å². The third-order valence-corrected chi connectivity index (χ3v) is 8.90. The number of halogens is 1. The second-order valence-electron chi connectivity index (χ2n) is 8.56. The van der Waals surface area contributed by atoms with Crippen LogP contribution in [0.4, 0.5) is 11.4 Å². The van der Waals surface area contributed by atoms with Gasteiger partial charge in [-0.2, -0.15) is 0 Å². The summed E-state index contributed by atoms with van der Waals surface area (Å²) in [6.45, 7) is 1.18. The molecule has 0 fully saturated rings. The molecular formula is C27H25AsClN3O8S. The molecule has 3 aromatic carbocycles. The minimum atomic E-state index is -5.14. The fourth-order valence-electron chi connectivity index (χ4n) is 3.45. The Morgan fingerprint density at radius 1 is 0.927 bits per heavy atom. The molecule has 0 unspecified atom stereocenters. The van der Waals surface area contributed by atoms with Crippen LogP contribution >= 0.6 is 11.6 Å². The fourth-order valence-corrected chi connectivity index (χ4v) is 5.85. The van der Waals surface area contributed by atoms with E-state index in [-0.39, 0.29) is 26.6 Å². The van der Waals surface area contributed by atoms with Gasteiger partial charge in [0, 0.05) is 29.3 Å². The van der Waals surface area contributed by atoms with Crippen molar-refractivity contribution in [3.8, 4) is 17.0 Å². The number of carbonyl (C=O) groups is 2. The molecule has 4 rings (SSSR count). The largest absolute Gasteiger partial charge is 0.322 e. The minimum Gasteiger partial charge on any atom is -0.322 e. The average molecular weight is 662 g/mol. The maximum Gasteiger partial charge on any atom is 0.255 e. The van der Waals surface area contributed by atoms with Gasteiger partial charge in [0.1, 0.15) is 0 Å². The van der Waals surface area contributed by atoms with Crippen LogP contribution in [-0.4, -0.2) is 58.9 Å². The SMILES string of the molecule is CC(=O)Nc1c(O)cccc1[As](=O)(O)O.CS(=O)(=O)c1ccc(C(=O)Nc2ccc(Cl)c(-c3ccccn3)c2)cc1. The van der Waals surface area contributed by atoms with E-state index in [0.29, 0.717) is 27.5 Å². The molecule has 1 heterocycles. The van der Waals surface area contributed by atoms with Gasteiger partial charge >= 0.3 is 88.1 Å². The third-order valence-electron chi connectivity index (χ3n) is 5.35. The number of nitrogens with zero attached hydrogens (tertiary/aromatic N) is 1. The van der Waals surface area contributed by atoms with E-state index in [1.54, 1.807) is 24.4 Å². The average Bonchev–Trinajstić information content (AvgIpc) is 2.90. The quantitative estimate of drug-likeness (QED) is 0.153. The first-order chi connectivity index (χ1) is 19.2. The van der Waals surface area contributed by atoms with Gasteiger partial charge in [0.05, 0.1) is 15.6 Å². The number of nitrogens with one attached hydrogen (secondary N) is 2. The number of phenols is 1. The van der Waals surface area contributed by atoms with Crippen molar-refractivity contribution in [1.82, 2.24) is 4.98 Å². The number of hydrogen-bond acceptors (Lipinski definition) is 7. The summed E-state index contributed by atoms with van der Waals surface area (Å²) in [5, 5.41) is 14.8. The molecule has 14 heteroatoms. The van der Waals surface area contributed by atoms with E-state index in [4.69, 9.17) is 19.8 Å². The van der Waals surface area contributed by atoms with E-state index < -0.39 is 29.9 Å². The Bertz CT molecular complexity index is 1730. The van der Waals surface area contributed by atoms with E-state index >= 15 is 0 Å². The molecule has 0 bridgehead atoms. The van der Waals surface area contributed by atoms with Gasteiger partial charge in [-0.25, -0.2) is 8.42 Å². The molecule has 0 aliphatic heterocycles. The molecule has 11 nitrogen and oxygen atoms in total. The standard InChI is InChI=1S/C19H15ClN2O3S.C8H10AsNO5/c1-26(24,25)15-8-5-13(6-9-15)19(23)22-14-7-10-17(20)16(12-14)18-4-2-3-11-21-18;1-5(11)10-8-6(9(13,14)15)3-2-4-7(8)12/h2-12H,1H3,(H,22,23);2-4,12H,1H3,(H,10,11)(H2,13,14,15). The number of para-hydroxylation sites is 1. The molecule has 2 amide bonds. The zero-order chi connectivity index (χ0) is 30.4. The summed E-state index contributed by atoms with van der Waals surface area (Å²) in [4.78, 5) is 27.6. The van der Waals surface area contributed by atoms with Gasteiger partial charge < -0.3 is 5.32 Å². The van der Waals surface area contributed by atoms with Crippen molar-refractivity contribution in [2.75, 3.05) is 16.9 Å². The van der Waals surface area contributed by atoms with Crippen LogP contribution in [0.2, 0.25) is 5.02 Å². The number of sulfone groups is 1. The van der Waals surface area contributed by atoms with Crippen LogP contribution in [0, 0.1) is 0 Å². The molecule has 41 heavy (non-hydrogen) atoms. The maximum absolute atomic E-state index is 12.4. The molecule has 0 aliphatic rings. The first-order valence-corrected chi connectivity index (χ1v) is 17.3. The van der Waals surface area contributed by atoms with Crippen LogP contribution in [-0.2, 0) is 18.4 Å². The summed E-state index contributed by atoms with van der Waals surface area (Å²) in [5.74, 6) is -1.23.